The molecule has 0 aliphatic carbocycles. The van der Waals surface area contributed by atoms with Gasteiger partial charge in [-0.3, -0.25) is 0 Å². The molecule has 0 radical (unpaired) electrons. The number of benzene rings is 11. The van der Waals surface area contributed by atoms with E-state index in [1.165, 1.54) is 97.0 Å². The second-order valence-electron chi connectivity index (χ2n) is 16.1. The van der Waals surface area contributed by atoms with Crippen LogP contribution in [0.15, 0.2) is 237 Å². The Balaban J connectivity index is 1.06. The minimum Gasteiger partial charge on any atom is -0.310 e. The lowest BCUT2D eigenvalue weighted by molar-refractivity contribution is 1.29. The van der Waals surface area contributed by atoms with Crippen molar-refractivity contribution < 1.29 is 0 Å². The largest absolute Gasteiger partial charge is 0.310 e. The minimum atomic E-state index is 1.09. The lowest BCUT2D eigenvalue weighted by atomic mass is 9.91. The van der Waals surface area contributed by atoms with Gasteiger partial charge in [-0.1, -0.05) is 182 Å². The van der Waals surface area contributed by atoms with E-state index in [2.05, 4.69) is 241 Å². The first-order chi connectivity index (χ1) is 30.7. The standard InChI is InChI=1S/C60H39NS/c1-2-14-42(15-3-1)52-34-30-46(56-37-45-17-5-7-22-51(45)53-23-8-9-24-54(53)56)38-58(52)61(48-33-35-60-57(39-48)55-25-10-11-27-59(55)62-60)47-31-28-40(29-32-47)43-19-12-20-44(36-43)50-26-13-18-41-16-4-6-21-49(41)50/h1-39H. The fourth-order valence-electron chi connectivity index (χ4n) is 9.47. The van der Waals surface area contributed by atoms with E-state index in [1.54, 1.807) is 0 Å². The highest BCUT2D eigenvalue weighted by Gasteiger charge is 2.21. The van der Waals surface area contributed by atoms with E-state index < -0.39 is 0 Å². The fraction of sp³-hybridized carbons (Fsp3) is 0. The number of thiophene rings is 1. The predicted octanol–water partition coefficient (Wildman–Crippen LogP) is 17.7. The zero-order valence-electron chi connectivity index (χ0n) is 33.9. The Morgan fingerprint density at radius 3 is 1.71 bits per heavy atom. The highest BCUT2D eigenvalue weighted by atomic mass is 32.1. The summed E-state index contributed by atoms with van der Waals surface area (Å²) in [5.41, 5.74) is 12.9. The van der Waals surface area contributed by atoms with E-state index in [9.17, 15) is 0 Å². The molecule has 0 bridgehead atoms. The van der Waals surface area contributed by atoms with Crippen LogP contribution in [-0.2, 0) is 0 Å². The Hall–Kier alpha value is -7.78. The van der Waals surface area contributed by atoms with E-state index in [1.807, 2.05) is 11.3 Å². The van der Waals surface area contributed by atoms with Gasteiger partial charge in [-0.2, -0.15) is 0 Å². The molecule has 12 aromatic rings. The van der Waals surface area contributed by atoms with Gasteiger partial charge in [0.25, 0.3) is 0 Å². The van der Waals surface area contributed by atoms with Gasteiger partial charge in [0, 0.05) is 37.1 Å². The van der Waals surface area contributed by atoms with Crippen LogP contribution in [0.5, 0.6) is 0 Å². The molecule has 290 valence electrons. The van der Waals surface area contributed by atoms with Gasteiger partial charge in [0.05, 0.1) is 5.69 Å². The first-order valence-corrected chi connectivity index (χ1v) is 22.1. The lowest BCUT2D eigenvalue weighted by Crippen LogP contribution is -2.11. The normalized spacial score (nSPS) is 11.5. The maximum absolute atomic E-state index is 2.47. The smallest absolute Gasteiger partial charge is 0.0546 e. The van der Waals surface area contributed by atoms with E-state index >= 15 is 0 Å². The van der Waals surface area contributed by atoms with Crippen molar-refractivity contribution in [3.63, 3.8) is 0 Å². The zero-order valence-corrected chi connectivity index (χ0v) is 34.7. The molecular formula is C60H39NS. The molecule has 0 amide bonds. The van der Waals surface area contributed by atoms with E-state index in [-0.39, 0.29) is 0 Å². The summed E-state index contributed by atoms with van der Waals surface area (Å²) in [6, 6.07) is 86.9. The summed E-state index contributed by atoms with van der Waals surface area (Å²) in [6.45, 7) is 0. The Bertz CT molecular complexity index is 3630. The molecule has 0 saturated heterocycles. The van der Waals surface area contributed by atoms with Crippen LogP contribution >= 0.6 is 11.3 Å². The van der Waals surface area contributed by atoms with Crippen molar-refractivity contribution >= 4 is 80.9 Å². The van der Waals surface area contributed by atoms with Gasteiger partial charge >= 0.3 is 0 Å². The quantitative estimate of drug-likeness (QED) is 0.145. The second-order valence-corrected chi connectivity index (χ2v) is 17.1. The molecule has 0 aliphatic heterocycles. The Morgan fingerprint density at radius 2 is 0.855 bits per heavy atom. The molecule has 11 aromatic carbocycles. The van der Waals surface area contributed by atoms with Crippen LogP contribution in [-0.4, -0.2) is 0 Å². The zero-order chi connectivity index (χ0) is 41.0. The maximum Gasteiger partial charge on any atom is 0.0546 e. The van der Waals surface area contributed by atoms with Crippen molar-refractivity contribution in [3.05, 3.63) is 237 Å². The summed E-state index contributed by atoms with van der Waals surface area (Å²) < 4.78 is 2.59. The summed E-state index contributed by atoms with van der Waals surface area (Å²) in [7, 11) is 0. The molecule has 0 spiro atoms. The molecule has 0 fully saturated rings. The summed E-state index contributed by atoms with van der Waals surface area (Å²) >= 11 is 1.86. The van der Waals surface area contributed by atoms with Gasteiger partial charge in [-0.15, -0.1) is 11.3 Å². The number of fused-ring (bicyclic) bond motifs is 7. The fourth-order valence-corrected chi connectivity index (χ4v) is 10.6. The van der Waals surface area contributed by atoms with Gasteiger partial charge in [0.1, 0.15) is 0 Å². The van der Waals surface area contributed by atoms with Gasteiger partial charge in [-0.05, 0) is 126 Å². The van der Waals surface area contributed by atoms with E-state index in [4.69, 9.17) is 0 Å². The SMILES string of the molecule is c1ccc(-c2ccc(-c3cc4ccccc4c4ccccc34)cc2N(c2ccc(-c3cccc(-c4cccc5ccccc45)c3)cc2)c2ccc3sc4ccccc4c3c2)cc1. The molecule has 1 aromatic heterocycles. The van der Waals surface area contributed by atoms with Crippen molar-refractivity contribution in [2.24, 2.45) is 0 Å². The predicted molar refractivity (Wildman–Crippen MR) is 268 cm³/mol. The molecule has 0 saturated carbocycles. The number of rotatable bonds is 7. The monoisotopic (exact) mass is 805 g/mol. The van der Waals surface area contributed by atoms with Crippen molar-refractivity contribution in [2.45, 2.75) is 0 Å². The summed E-state index contributed by atoms with van der Waals surface area (Å²) in [5.74, 6) is 0. The third-order valence-corrected chi connectivity index (χ3v) is 13.6. The van der Waals surface area contributed by atoms with Crippen molar-refractivity contribution in [2.75, 3.05) is 4.90 Å². The van der Waals surface area contributed by atoms with Crippen LogP contribution in [0.3, 0.4) is 0 Å². The van der Waals surface area contributed by atoms with Crippen LogP contribution in [0, 0.1) is 0 Å². The Kier molecular flexibility index (Phi) is 8.76. The molecule has 1 heterocycles. The third-order valence-electron chi connectivity index (χ3n) is 12.4. The number of anilines is 3. The molecule has 0 N–H and O–H groups in total. The topological polar surface area (TPSA) is 3.24 Å². The lowest BCUT2D eigenvalue weighted by Gasteiger charge is -2.29. The third kappa shape index (κ3) is 6.24. The van der Waals surface area contributed by atoms with Crippen LogP contribution in [0.1, 0.15) is 0 Å². The molecule has 0 unspecified atom stereocenters. The van der Waals surface area contributed by atoms with Gasteiger partial charge < -0.3 is 4.90 Å². The average molecular weight is 806 g/mol. The van der Waals surface area contributed by atoms with Crippen LogP contribution in [0.25, 0.3) is 97.0 Å². The number of nitrogens with zero attached hydrogens (tertiary/aromatic N) is 1. The number of hydrogen-bond donors (Lipinski definition) is 0. The van der Waals surface area contributed by atoms with Crippen molar-refractivity contribution in [1.29, 1.82) is 0 Å². The van der Waals surface area contributed by atoms with Crippen molar-refractivity contribution in [1.82, 2.24) is 0 Å². The maximum atomic E-state index is 2.47. The van der Waals surface area contributed by atoms with E-state index in [0.29, 0.717) is 0 Å². The molecule has 0 atom stereocenters. The van der Waals surface area contributed by atoms with E-state index in [0.717, 1.165) is 17.1 Å². The average Bonchev–Trinajstić information content (AvgIpc) is 3.72. The van der Waals surface area contributed by atoms with Gasteiger partial charge in [-0.25, -0.2) is 0 Å². The summed E-state index contributed by atoms with van der Waals surface area (Å²) in [6.07, 6.45) is 0. The Labute approximate surface area is 365 Å². The molecule has 62 heavy (non-hydrogen) atoms. The second kappa shape index (κ2) is 15.0. The van der Waals surface area contributed by atoms with Crippen LogP contribution < -0.4 is 4.90 Å². The highest BCUT2D eigenvalue weighted by Crippen LogP contribution is 2.47. The minimum absolute atomic E-state index is 1.09. The van der Waals surface area contributed by atoms with Gasteiger partial charge in [0.2, 0.25) is 0 Å². The van der Waals surface area contributed by atoms with Crippen molar-refractivity contribution in [3.8, 4) is 44.5 Å². The molecule has 0 aliphatic rings. The van der Waals surface area contributed by atoms with Crippen LogP contribution in [0.2, 0.25) is 0 Å². The molecule has 12 rings (SSSR count). The molecule has 2 heteroatoms. The highest BCUT2D eigenvalue weighted by molar-refractivity contribution is 7.25. The van der Waals surface area contributed by atoms with Gasteiger partial charge in [0.15, 0.2) is 0 Å². The summed E-state index contributed by atoms with van der Waals surface area (Å²) in [5, 5.41) is 10.1. The molecule has 1 nitrogen and oxygen atoms in total. The Morgan fingerprint density at radius 1 is 0.258 bits per heavy atom. The first kappa shape index (κ1) is 36.1. The first-order valence-electron chi connectivity index (χ1n) is 21.2. The summed E-state index contributed by atoms with van der Waals surface area (Å²) in [4.78, 5) is 2.47. The molecular weight excluding hydrogens is 767 g/mol. The number of hydrogen-bond acceptors (Lipinski definition) is 2. The van der Waals surface area contributed by atoms with Crippen LogP contribution in [0.4, 0.5) is 17.1 Å².